The lowest BCUT2D eigenvalue weighted by Crippen LogP contribution is -2.09. The van der Waals surface area contributed by atoms with Crippen molar-refractivity contribution in [3.05, 3.63) is 88.3 Å². The molecule has 32 heavy (non-hydrogen) atoms. The number of rotatable bonds is 6. The quantitative estimate of drug-likeness (QED) is 0.308. The first-order chi connectivity index (χ1) is 15.5. The fourth-order valence-corrected chi connectivity index (χ4v) is 3.09. The van der Waals surface area contributed by atoms with Crippen LogP contribution < -0.4 is 24.4 Å². The zero-order valence-corrected chi connectivity index (χ0v) is 17.7. The van der Waals surface area contributed by atoms with Crippen LogP contribution in [0.25, 0.3) is 11.0 Å². The number of ether oxygens (including phenoxy) is 4. The first-order valence-electron chi connectivity index (χ1n) is 9.73. The molecule has 4 rings (SSSR count). The number of aryl methyl sites for hydroxylation is 1. The van der Waals surface area contributed by atoms with E-state index in [4.69, 9.17) is 23.4 Å². The lowest BCUT2D eigenvalue weighted by atomic mass is 10.2. The van der Waals surface area contributed by atoms with Crippen molar-refractivity contribution in [1.82, 2.24) is 0 Å². The van der Waals surface area contributed by atoms with Gasteiger partial charge in [0, 0.05) is 6.07 Å². The highest BCUT2D eigenvalue weighted by molar-refractivity contribution is 5.92. The maximum absolute atomic E-state index is 12.8. The molecule has 0 saturated carbocycles. The molecule has 0 unspecified atom stereocenters. The van der Waals surface area contributed by atoms with E-state index in [0.717, 1.165) is 5.56 Å². The van der Waals surface area contributed by atoms with Gasteiger partial charge in [0.15, 0.2) is 11.5 Å². The predicted molar refractivity (Wildman–Crippen MR) is 118 cm³/mol. The Balaban J connectivity index is 1.57. The second-order valence-electron chi connectivity index (χ2n) is 6.96. The molecule has 4 aromatic rings. The van der Waals surface area contributed by atoms with Crippen molar-refractivity contribution in [2.45, 2.75) is 6.92 Å². The highest BCUT2D eigenvalue weighted by Gasteiger charge is 2.15. The van der Waals surface area contributed by atoms with Gasteiger partial charge in [-0.2, -0.15) is 0 Å². The summed E-state index contributed by atoms with van der Waals surface area (Å²) in [5.41, 5.74) is 1.30. The van der Waals surface area contributed by atoms with Gasteiger partial charge in [0.1, 0.15) is 23.3 Å². The summed E-state index contributed by atoms with van der Waals surface area (Å²) in [6.07, 6.45) is 1.24. The summed E-state index contributed by atoms with van der Waals surface area (Å²) in [5.74, 6) is 1.14. The number of esters is 1. The third-order valence-electron chi connectivity index (χ3n) is 4.79. The molecule has 3 aromatic carbocycles. The molecular weight excluding hydrogens is 412 g/mol. The molecule has 0 aliphatic rings. The van der Waals surface area contributed by atoms with Gasteiger partial charge < -0.3 is 23.4 Å². The summed E-state index contributed by atoms with van der Waals surface area (Å²) in [7, 11) is 2.99. The number of carbonyl (C=O) groups excluding carboxylic acids is 1. The minimum atomic E-state index is -0.591. The van der Waals surface area contributed by atoms with Crippen LogP contribution >= 0.6 is 0 Å². The van der Waals surface area contributed by atoms with E-state index in [1.165, 1.54) is 44.7 Å². The minimum Gasteiger partial charge on any atom is -0.493 e. The van der Waals surface area contributed by atoms with Crippen LogP contribution in [0.2, 0.25) is 0 Å². The maximum atomic E-state index is 12.8. The zero-order valence-electron chi connectivity index (χ0n) is 17.7. The summed E-state index contributed by atoms with van der Waals surface area (Å²) >= 11 is 0. The Bertz CT molecular complexity index is 1340. The van der Waals surface area contributed by atoms with E-state index in [1.807, 2.05) is 19.1 Å². The van der Waals surface area contributed by atoms with Crippen LogP contribution in [-0.2, 0) is 0 Å². The van der Waals surface area contributed by atoms with Crippen LogP contribution in [0.3, 0.4) is 0 Å². The number of benzene rings is 3. The van der Waals surface area contributed by atoms with Gasteiger partial charge >= 0.3 is 5.97 Å². The number of carbonyl (C=O) groups is 1. The van der Waals surface area contributed by atoms with Gasteiger partial charge in [-0.25, -0.2) is 4.79 Å². The lowest BCUT2D eigenvalue weighted by Gasteiger charge is -2.10. The number of fused-ring (bicyclic) bond motifs is 1. The zero-order chi connectivity index (χ0) is 22.7. The first kappa shape index (κ1) is 21.0. The molecular formula is C25H20O7. The number of hydrogen-bond donors (Lipinski definition) is 0. The molecule has 0 N–H and O–H groups in total. The molecule has 0 amide bonds. The van der Waals surface area contributed by atoms with Gasteiger partial charge in [0.25, 0.3) is 0 Å². The van der Waals surface area contributed by atoms with Crippen molar-refractivity contribution >= 4 is 16.9 Å². The lowest BCUT2D eigenvalue weighted by molar-refractivity contribution is 0.0734. The fourth-order valence-electron chi connectivity index (χ4n) is 3.09. The topological polar surface area (TPSA) is 84.2 Å². The van der Waals surface area contributed by atoms with Crippen LogP contribution in [0.4, 0.5) is 0 Å². The summed E-state index contributed by atoms with van der Waals surface area (Å²) in [5, 5.41) is 0.306. The van der Waals surface area contributed by atoms with E-state index < -0.39 is 5.97 Å². The number of hydrogen-bond acceptors (Lipinski definition) is 7. The molecule has 7 nitrogen and oxygen atoms in total. The van der Waals surface area contributed by atoms with Crippen molar-refractivity contribution in [3.8, 4) is 28.7 Å². The Hall–Kier alpha value is -4.26. The van der Waals surface area contributed by atoms with Crippen LogP contribution in [0.5, 0.6) is 28.7 Å². The Morgan fingerprint density at radius 1 is 0.812 bits per heavy atom. The highest BCUT2D eigenvalue weighted by atomic mass is 16.5. The Labute approximate surface area is 183 Å². The molecule has 0 fully saturated rings. The second-order valence-corrected chi connectivity index (χ2v) is 6.96. The molecule has 0 atom stereocenters. The van der Waals surface area contributed by atoms with Gasteiger partial charge in [-0.05, 0) is 49.4 Å². The summed E-state index contributed by atoms with van der Waals surface area (Å²) in [6.45, 7) is 1.96. The van der Waals surface area contributed by atoms with E-state index in [2.05, 4.69) is 0 Å². The Kier molecular flexibility index (Phi) is 5.81. The monoisotopic (exact) mass is 432 g/mol. The van der Waals surface area contributed by atoms with Crippen LogP contribution in [-0.4, -0.2) is 20.2 Å². The summed E-state index contributed by atoms with van der Waals surface area (Å²) in [6, 6.07) is 16.6. The molecule has 1 heterocycles. The number of methoxy groups -OCH3 is 2. The average molecular weight is 432 g/mol. The van der Waals surface area contributed by atoms with Crippen molar-refractivity contribution in [1.29, 1.82) is 0 Å². The second kappa shape index (κ2) is 8.85. The average Bonchev–Trinajstić information content (AvgIpc) is 2.81. The first-order valence-corrected chi connectivity index (χ1v) is 9.73. The van der Waals surface area contributed by atoms with Gasteiger partial charge in [0.2, 0.25) is 11.2 Å². The minimum absolute atomic E-state index is 0.0661. The molecule has 0 bridgehead atoms. The third kappa shape index (κ3) is 4.27. The molecule has 0 radical (unpaired) electrons. The van der Waals surface area contributed by atoms with Gasteiger partial charge in [-0.1, -0.05) is 17.7 Å². The van der Waals surface area contributed by atoms with E-state index in [0.29, 0.717) is 22.6 Å². The molecule has 0 spiro atoms. The van der Waals surface area contributed by atoms with Crippen LogP contribution in [0.15, 0.2) is 76.1 Å². The van der Waals surface area contributed by atoms with Crippen LogP contribution in [0, 0.1) is 6.92 Å². The maximum Gasteiger partial charge on any atom is 0.343 e. The molecule has 0 aliphatic carbocycles. The Morgan fingerprint density at radius 3 is 2.25 bits per heavy atom. The fraction of sp³-hybridized carbons (Fsp3) is 0.120. The van der Waals surface area contributed by atoms with E-state index in [-0.39, 0.29) is 28.1 Å². The van der Waals surface area contributed by atoms with Crippen molar-refractivity contribution < 1.29 is 28.2 Å². The summed E-state index contributed by atoms with van der Waals surface area (Å²) < 4.78 is 27.0. The summed E-state index contributed by atoms with van der Waals surface area (Å²) in [4.78, 5) is 25.3. The molecule has 162 valence electrons. The standard InChI is InChI=1S/C25H20O7/c1-15-4-7-17(8-5-15)31-23-14-30-21-13-18(9-10-19(21)24(23)26)32-25(27)16-6-11-20(28-2)22(12-16)29-3/h4-14H,1-3H3. The smallest absolute Gasteiger partial charge is 0.343 e. The van der Waals surface area contributed by atoms with Gasteiger partial charge in [-0.3, -0.25) is 4.79 Å². The third-order valence-corrected chi connectivity index (χ3v) is 4.79. The largest absolute Gasteiger partial charge is 0.493 e. The van der Waals surface area contributed by atoms with Crippen LogP contribution in [0.1, 0.15) is 15.9 Å². The van der Waals surface area contributed by atoms with Gasteiger partial charge in [-0.15, -0.1) is 0 Å². The van der Waals surface area contributed by atoms with E-state index in [9.17, 15) is 9.59 Å². The molecule has 0 saturated heterocycles. The molecule has 7 heteroatoms. The SMILES string of the molecule is COc1ccc(C(=O)Oc2ccc3c(=O)c(Oc4ccc(C)cc4)coc3c2)cc1OC. The van der Waals surface area contributed by atoms with Crippen molar-refractivity contribution in [2.75, 3.05) is 14.2 Å². The van der Waals surface area contributed by atoms with Crippen molar-refractivity contribution in [3.63, 3.8) is 0 Å². The normalized spacial score (nSPS) is 10.6. The molecule has 0 aliphatic heterocycles. The van der Waals surface area contributed by atoms with Crippen molar-refractivity contribution in [2.24, 2.45) is 0 Å². The highest BCUT2D eigenvalue weighted by Crippen LogP contribution is 2.29. The molecule has 1 aromatic heterocycles. The Morgan fingerprint density at radius 2 is 1.53 bits per heavy atom. The van der Waals surface area contributed by atoms with Gasteiger partial charge in [0.05, 0.1) is 25.2 Å². The van der Waals surface area contributed by atoms with E-state index >= 15 is 0 Å². The predicted octanol–water partition coefficient (Wildman–Crippen LogP) is 5.13. The van der Waals surface area contributed by atoms with E-state index in [1.54, 1.807) is 24.3 Å².